The van der Waals surface area contributed by atoms with Crippen LogP contribution in [0.3, 0.4) is 0 Å². The van der Waals surface area contributed by atoms with Gasteiger partial charge in [-0.2, -0.15) is 5.10 Å². The predicted octanol–water partition coefficient (Wildman–Crippen LogP) is 5.82. The second-order valence-corrected chi connectivity index (χ2v) is 9.77. The van der Waals surface area contributed by atoms with Crippen molar-refractivity contribution >= 4 is 39.1 Å². The number of thiophene rings is 1. The smallest absolute Gasteiger partial charge is 0.161 e. The second-order valence-electron chi connectivity index (χ2n) is 8.48. The molecule has 8 nitrogen and oxygen atoms in total. The fourth-order valence-corrected chi connectivity index (χ4v) is 4.87. The minimum atomic E-state index is 0.318. The van der Waals surface area contributed by atoms with E-state index in [1.807, 2.05) is 30.6 Å². The Kier molecular flexibility index (Phi) is 4.84. The lowest BCUT2D eigenvalue weighted by atomic mass is 10.1. The molecule has 6 aromatic rings. The summed E-state index contributed by atoms with van der Waals surface area (Å²) in [5, 5.41) is 11.0. The van der Waals surface area contributed by atoms with E-state index in [4.69, 9.17) is 9.97 Å². The van der Waals surface area contributed by atoms with Gasteiger partial charge in [0, 0.05) is 35.1 Å². The molecule has 6 aromatic heterocycles. The Morgan fingerprint density at radius 3 is 2.65 bits per heavy atom. The highest BCUT2D eigenvalue weighted by atomic mass is 32.1. The molecule has 0 aliphatic heterocycles. The van der Waals surface area contributed by atoms with Crippen LogP contribution in [0.15, 0.2) is 55.0 Å². The van der Waals surface area contributed by atoms with Crippen LogP contribution < -0.4 is 5.32 Å². The first-order chi connectivity index (χ1) is 16.5. The molecule has 0 bridgehead atoms. The van der Waals surface area contributed by atoms with Crippen LogP contribution in [0.5, 0.6) is 0 Å². The highest BCUT2D eigenvalue weighted by molar-refractivity contribution is 7.15. The van der Waals surface area contributed by atoms with Crippen molar-refractivity contribution in [2.24, 2.45) is 0 Å². The van der Waals surface area contributed by atoms with E-state index >= 15 is 0 Å². The number of nitrogens with one attached hydrogen (secondary N) is 3. The summed E-state index contributed by atoms with van der Waals surface area (Å²) in [5.41, 5.74) is 7.58. The van der Waals surface area contributed by atoms with Crippen LogP contribution in [-0.2, 0) is 0 Å². The number of aromatic amines is 2. The summed E-state index contributed by atoms with van der Waals surface area (Å²) >= 11 is 1.71. The summed E-state index contributed by atoms with van der Waals surface area (Å²) in [4.78, 5) is 24.5. The second kappa shape index (κ2) is 8.03. The first kappa shape index (κ1) is 20.5. The van der Waals surface area contributed by atoms with Crippen molar-refractivity contribution in [1.82, 2.24) is 35.1 Å². The first-order valence-electron chi connectivity index (χ1n) is 11.0. The van der Waals surface area contributed by atoms with Crippen molar-refractivity contribution in [3.8, 4) is 33.3 Å². The number of aryl methyl sites for hydroxylation is 1. The van der Waals surface area contributed by atoms with Crippen molar-refractivity contribution in [2.45, 2.75) is 26.8 Å². The van der Waals surface area contributed by atoms with Crippen LogP contribution in [0.1, 0.15) is 18.7 Å². The molecule has 9 heteroatoms. The van der Waals surface area contributed by atoms with Crippen LogP contribution in [0.25, 0.3) is 55.4 Å². The number of imidazole rings is 1. The van der Waals surface area contributed by atoms with Crippen molar-refractivity contribution < 1.29 is 0 Å². The van der Waals surface area contributed by atoms with Gasteiger partial charge in [-0.3, -0.25) is 15.1 Å². The average molecular weight is 467 g/mol. The lowest BCUT2D eigenvalue weighted by molar-refractivity contribution is 0.898. The van der Waals surface area contributed by atoms with Gasteiger partial charge in [-0.25, -0.2) is 9.97 Å². The van der Waals surface area contributed by atoms with Crippen molar-refractivity contribution in [3.63, 3.8) is 0 Å². The summed E-state index contributed by atoms with van der Waals surface area (Å²) in [7, 11) is 0. The highest BCUT2D eigenvalue weighted by Crippen LogP contribution is 2.33. The summed E-state index contributed by atoms with van der Waals surface area (Å²) in [5.74, 6) is 0.654. The molecule has 0 unspecified atom stereocenters. The Hall–Kier alpha value is -4.11. The quantitative estimate of drug-likeness (QED) is 0.296. The number of rotatable bonds is 5. The topological polar surface area (TPSA) is 108 Å². The van der Waals surface area contributed by atoms with Gasteiger partial charge >= 0.3 is 0 Å². The third-order valence-electron chi connectivity index (χ3n) is 5.50. The lowest BCUT2D eigenvalue weighted by Gasteiger charge is -2.10. The fraction of sp³-hybridized carbons (Fsp3) is 0.160. The van der Waals surface area contributed by atoms with Crippen molar-refractivity contribution in [2.75, 3.05) is 5.32 Å². The molecule has 0 amide bonds. The zero-order valence-electron chi connectivity index (χ0n) is 18.9. The van der Waals surface area contributed by atoms with Crippen molar-refractivity contribution in [1.29, 1.82) is 0 Å². The normalized spacial score (nSPS) is 11.6. The zero-order chi connectivity index (χ0) is 23.2. The third kappa shape index (κ3) is 3.60. The number of anilines is 1. The molecule has 168 valence electrons. The van der Waals surface area contributed by atoms with Crippen molar-refractivity contribution in [3.05, 3.63) is 59.9 Å². The Balaban J connectivity index is 1.45. The molecular weight excluding hydrogens is 444 g/mol. The van der Waals surface area contributed by atoms with Gasteiger partial charge in [-0.1, -0.05) is 0 Å². The minimum Gasteiger partial charge on any atom is -0.382 e. The van der Waals surface area contributed by atoms with E-state index < -0.39 is 0 Å². The van der Waals surface area contributed by atoms with E-state index in [0.29, 0.717) is 17.6 Å². The SMILES string of the molecule is Cc1ccc(-c2nccc3[nH]c(-c4n[nH]c5ccc(-c6cncc(NC(C)C)c6)nc45)nc23)s1. The summed E-state index contributed by atoms with van der Waals surface area (Å²) in [6.45, 7) is 6.29. The molecule has 0 aliphatic rings. The summed E-state index contributed by atoms with van der Waals surface area (Å²) in [6, 6.07) is 12.5. The summed E-state index contributed by atoms with van der Waals surface area (Å²) < 4.78 is 0. The molecule has 0 radical (unpaired) electrons. The van der Waals surface area contributed by atoms with Gasteiger partial charge in [0.2, 0.25) is 0 Å². The molecule has 3 N–H and O–H groups in total. The van der Waals surface area contributed by atoms with Gasteiger partial charge in [-0.05, 0) is 57.2 Å². The molecule has 6 rings (SSSR count). The molecule has 6 heterocycles. The van der Waals surface area contributed by atoms with Gasteiger partial charge in [0.1, 0.15) is 16.7 Å². The van der Waals surface area contributed by atoms with Gasteiger partial charge < -0.3 is 10.3 Å². The maximum absolute atomic E-state index is 4.92. The minimum absolute atomic E-state index is 0.318. The molecule has 0 saturated carbocycles. The van der Waals surface area contributed by atoms with E-state index in [-0.39, 0.29) is 0 Å². The fourth-order valence-electron chi connectivity index (χ4n) is 4.01. The number of nitrogens with zero attached hydrogens (tertiary/aromatic N) is 5. The number of H-pyrrole nitrogens is 2. The molecular formula is C25H22N8S. The molecule has 0 fully saturated rings. The lowest BCUT2D eigenvalue weighted by Crippen LogP contribution is -2.09. The van der Waals surface area contributed by atoms with E-state index in [0.717, 1.165) is 49.6 Å². The Bertz CT molecular complexity index is 1640. The van der Waals surface area contributed by atoms with Gasteiger partial charge in [0.15, 0.2) is 11.5 Å². The highest BCUT2D eigenvalue weighted by Gasteiger charge is 2.18. The Labute approximate surface area is 199 Å². The van der Waals surface area contributed by atoms with Gasteiger partial charge in [0.25, 0.3) is 0 Å². The number of hydrogen-bond donors (Lipinski definition) is 3. The summed E-state index contributed by atoms with van der Waals surface area (Å²) in [6.07, 6.45) is 5.45. The van der Waals surface area contributed by atoms with E-state index in [1.54, 1.807) is 17.5 Å². The largest absolute Gasteiger partial charge is 0.382 e. The Morgan fingerprint density at radius 1 is 0.941 bits per heavy atom. The first-order valence-corrected chi connectivity index (χ1v) is 11.9. The number of hydrogen-bond acceptors (Lipinski definition) is 7. The maximum Gasteiger partial charge on any atom is 0.161 e. The zero-order valence-corrected chi connectivity index (χ0v) is 19.7. The molecule has 0 aromatic carbocycles. The van der Waals surface area contributed by atoms with Gasteiger partial charge in [-0.15, -0.1) is 11.3 Å². The van der Waals surface area contributed by atoms with Crippen LogP contribution in [-0.4, -0.2) is 41.2 Å². The molecule has 0 aliphatic carbocycles. The standard InChI is InChI=1S/C25H22N8S/c1-13(2)28-16-10-15(11-26-12-16)17-5-6-19-22(29-17)24(33-32-19)25-30-18-8-9-27-23(21(18)31-25)20-7-4-14(3)34-20/h4-13,28H,1-3H3,(H,30,31)(H,32,33). The number of aromatic nitrogens is 7. The van der Waals surface area contributed by atoms with Crippen LogP contribution in [0, 0.1) is 6.92 Å². The van der Waals surface area contributed by atoms with Gasteiger partial charge in [0.05, 0.1) is 27.3 Å². The number of fused-ring (bicyclic) bond motifs is 2. The van der Waals surface area contributed by atoms with E-state index in [1.165, 1.54) is 4.88 Å². The molecule has 0 spiro atoms. The third-order valence-corrected chi connectivity index (χ3v) is 6.50. The molecule has 0 atom stereocenters. The monoisotopic (exact) mass is 466 g/mol. The van der Waals surface area contributed by atoms with E-state index in [2.05, 4.69) is 69.4 Å². The number of pyridine rings is 3. The van der Waals surface area contributed by atoms with Crippen LogP contribution >= 0.6 is 11.3 Å². The van der Waals surface area contributed by atoms with Crippen LogP contribution in [0.2, 0.25) is 0 Å². The molecule has 0 saturated heterocycles. The maximum atomic E-state index is 4.92. The molecule has 34 heavy (non-hydrogen) atoms. The Morgan fingerprint density at radius 2 is 1.82 bits per heavy atom. The predicted molar refractivity (Wildman–Crippen MR) is 137 cm³/mol. The van der Waals surface area contributed by atoms with E-state index in [9.17, 15) is 0 Å². The average Bonchev–Trinajstić information content (AvgIpc) is 3.55. The van der Waals surface area contributed by atoms with Crippen LogP contribution in [0.4, 0.5) is 5.69 Å².